The Morgan fingerprint density at radius 3 is 2.44 bits per heavy atom. The van der Waals surface area contributed by atoms with Gasteiger partial charge in [0.25, 0.3) is 0 Å². The van der Waals surface area contributed by atoms with E-state index in [1.807, 2.05) is 43.5 Å². The van der Waals surface area contributed by atoms with Gasteiger partial charge < -0.3 is 10.6 Å². The molecule has 0 fully saturated rings. The predicted molar refractivity (Wildman–Crippen MR) is 110 cm³/mol. The number of nitrogens with one attached hydrogen (secondary N) is 2. The summed E-state index contributed by atoms with van der Waals surface area (Å²) < 4.78 is 0. The van der Waals surface area contributed by atoms with Gasteiger partial charge in [-0.15, -0.1) is 11.3 Å². The summed E-state index contributed by atoms with van der Waals surface area (Å²) in [7, 11) is 0. The van der Waals surface area contributed by atoms with Gasteiger partial charge in [-0.3, -0.25) is 9.59 Å². The number of aryl methyl sites for hydroxylation is 1. The van der Waals surface area contributed by atoms with Gasteiger partial charge >= 0.3 is 0 Å². The van der Waals surface area contributed by atoms with Gasteiger partial charge in [0.1, 0.15) is 5.01 Å². The van der Waals surface area contributed by atoms with Crippen molar-refractivity contribution < 1.29 is 9.59 Å². The van der Waals surface area contributed by atoms with E-state index in [1.54, 1.807) is 12.1 Å². The van der Waals surface area contributed by atoms with Crippen LogP contribution in [0.2, 0.25) is 0 Å². The van der Waals surface area contributed by atoms with E-state index in [2.05, 4.69) is 21.7 Å². The van der Waals surface area contributed by atoms with Crippen LogP contribution in [0.4, 0.5) is 11.4 Å². The van der Waals surface area contributed by atoms with Gasteiger partial charge in [0.2, 0.25) is 11.8 Å². The second kappa shape index (κ2) is 8.14. The first-order valence-corrected chi connectivity index (χ1v) is 9.49. The first kappa shape index (κ1) is 18.8. The van der Waals surface area contributed by atoms with Crippen LogP contribution in [0.25, 0.3) is 10.6 Å². The molecule has 2 N–H and O–H groups in total. The van der Waals surface area contributed by atoms with Gasteiger partial charge in [0, 0.05) is 29.2 Å². The van der Waals surface area contributed by atoms with Crippen molar-refractivity contribution >= 4 is 34.5 Å². The third-order valence-electron chi connectivity index (χ3n) is 4.08. The van der Waals surface area contributed by atoms with E-state index in [9.17, 15) is 9.59 Å². The van der Waals surface area contributed by atoms with E-state index >= 15 is 0 Å². The topological polar surface area (TPSA) is 71.1 Å². The first-order chi connectivity index (χ1) is 12.9. The second-order valence-electron chi connectivity index (χ2n) is 6.40. The average Bonchev–Trinajstić information content (AvgIpc) is 3.06. The molecule has 0 atom stereocenters. The van der Waals surface area contributed by atoms with Crippen LogP contribution in [0, 0.1) is 13.8 Å². The lowest BCUT2D eigenvalue weighted by molar-refractivity contribution is -0.116. The number of hydrogen-bond acceptors (Lipinski definition) is 4. The van der Waals surface area contributed by atoms with Crippen LogP contribution in [0.3, 0.4) is 0 Å². The number of anilines is 2. The quantitative estimate of drug-likeness (QED) is 0.682. The molecule has 0 saturated heterocycles. The van der Waals surface area contributed by atoms with E-state index < -0.39 is 0 Å². The minimum Gasteiger partial charge on any atom is -0.326 e. The van der Waals surface area contributed by atoms with E-state index in [4.69, 9.17) is 0 Å². The summed E-state index contributed by atoms with van der Waals surface area (Å²) in [6.07, 6.45) is 0.201. The molecule has 0 saturated carbocycles. The summed E-state index contributed by atoms with van der Waals surface area (Å²) in [6, 6.07) is 13.6. The molecule has 138 valence electrons. The van der Waals surface area contributed by atoms with E-state index in [0.717, 1.165) is 21.8 Å². The van der Waals surface area contributed by atoms with Crippen LogP contribution in [-0.4, -0.2) is 16.8 Å². The maximum Gasteiger partial charge on any atom is 0.230 e. The van der Waals surface area contributed by atoms with Crippen molar-refractivity contribution in [1.29, 1.82) is 0 Å². The number of amides is 2. The molecule has 0 aliphatic heterocycles. The van der Waals surface area contributed by atoms with Gasteiger partial charge in [0.15, 0.2) is 0 Å². The van der Waals surface area contributed by atoms with Crippen LogP contribution in [0.1, 0.15) is 23.7 Å². The van der Waals surface area contributed by atoms with Crippen LogP contribution < -0.4 is 10.6 Å². The minimum absolute atomic E-state index is 0.140. The highest BCUT2D eigenvalue weighted by atomic mass is 32.1. The standard InChI is InChI=1S/C21H21N3O2S/c1-13-6-4-7-16(10-13)21-23-17(12-27-21)11-20(26)24-19-9-5-8-18(14(19)2)22-15(3)25/h4-10,12H,11H2,1-3H3,(H,22,25)(H,24,26). The molecule has 6 heteroatoms. The molecular formula is C21H21N3O2S. The molecule has 1 heterocycles. The normalized spacial score (nSPS) is 10.5. The van der Waals surface area contributed by atoms with Crippen molar-refractivity contribution in [1.82, 2.24) is 4.98 Å². The molecule has 0 radical (unpaired) electrons. The summed E-state index contributed by atoms with van der Waals surface area (Å²) in [5.41, 5.74) is 5.17. The minimum atomic E-state index is -0.146. The zero-order valence-electron chi connectivity index (χ0n) is 15.5. The van der Waals surface area contributed by atoms with E-state index in [-0.39, 0.29) is 18.2 Å². The zero-order chi connectivity index (χ0) is 19.4. The highest BCUT2D eigenvalue weighted by molar-refractivity contribution is 7.13. The Balaban J connectivity index is 1.69. The SMILES string of the molecule is CC(=O)Nc1cccc(NC(=O)Cc2csc(-c3cccc(C)c3)n2)c1C. The summed E-state index contributed by atoms with van der Waals surface area (Å²) in [5, 5.41) is 8.49. The lowest BCUT2D eigenvalue weighted by Crippen LogP contribution is -2.16. The molecule has 0 bridgehead atoms. The lowest BCUT2D eigenvalue weighted by atomic mass is 10.1. The summed E-state index contributed by atoms with van der Waals surface area (Å²) in [5.74, 6) is -0.285. The maximum absolute atomic E-state index is 12.4. The summed E-state index contributed by atoms with van der Waals surface area (Å²) >= 11 is 1.53. The number of benzene rings is 2. The third-order valence-corrected chi connectivity index (χ3v) is 5.02. The number of rotatable bonds is 5. The number of hydrogen-bond donors (Lipinski definition) is 2. The van der Waals surface area contributed by atoms with Crippen molar-refractivity contribution in [3.8, 4) is 10.6 Å². The molecule has 2 amide bonds. The first-order valence-electron chi connectivity index (χ1n) is 8.61. The van der Waals surface area contributed by atoms with Gasteiger partial charge in [-0.05, 0) is 37.6 Å². The molecule has 3 aromatic rings. The molecule has 2 aromatic carbocycles. The molecule has 0 aliphatic rings. The fraction of sp³-hybridized carbons (Fsp3) is 0.190. The number of nitrogens with zero attached hydrogens (tertiary/aromatic N) is 1. The Hall–Kier alpha value is -2.99. The largest absolute Gasteiger partial charge is 0.326 e. The Morgan fingerprint density at radius 1 is 1.04 bits per heavy atom. The molecule has 27 heavy (non-hydrogen) atoms. The molecule has 0 aliphatic carbocycles. The van der Waals surface area contributed by atoms with Crippen molar-refractivity contribution in [3.05, 3.63) is 64.7 Å². The van der Waals surface area contributed by atoms with Crippen molar-refractivity contribution in [2.75, 3.05) is 10.6 Å². The molecule has 5 nitrogen and oxygen atoms in total. The molecule has 0 unspecified atom stereocenters. The van der Waals surface area contributed by atoms with Crippen LogP contribution in [0.5, 0.6) is 0 Å². The zero-order valence-corrected chi connectivity index (χ0v) is 16.3. The molecule has 1 aromatic heterocycles. The molecular weight excluding hydrogens is 358 g/mol. The molecule has 0 spiro atoms. The third kappa shape index (κ3) is 4.80. The van der Waals surface area contributed by atoms with Crippen molar-refractivity contribution in [2.45, 2.75) is 27.2 Å². The van der Waals surface area contributed by atoms with Gasteiger partial charge in [-0.1, -0.05) is 29.8 Å². The smallest absolute Gasteiger partial charge is 0.230 e. The Kier molecular flexibility index (Phi) is 5.66. The van der Waals surface area contributed by atoms with Gasteiger partial charge in [0.05, 0.1) is 12.1 Å². The number of aromatic nitrogens is 1. The highest BCUT2D eigenvalue weighted by Gasteiger charge is 2.12. The number of carbonyl (C=O) groups is 2. The van der Waals surface area contributed by atoms with Gasteiger partial charge in [-0.2, -0.15) is 0 Å². The Labute approximate surface area is 162 Å². The van der Waals surface area contributed by atoms with Crippen LogP contribution in [-0.2, 0) is 16.0 Å². The maximum atomic E-state index is 12.4. The Bertz CT molecular complexity index is 995. The van der Waals surface area contributed by atoms with Crippen LogP contribution >= 0.6 is 11.3 Å². The lowest BCUT2D eigenvalue weighted by Gasteiger charge is -2.12. The summed E-state index contributed by atoms with van der Waals surface area (Å²) in [4.78, 5) is 28.3. The number of thiazole rings is 1. The predicted octanol–water partition coefficient (Wildman–Crippen LogP) is 4.57. The van der Waals surface area contributed by atoms with Crippen LogP contribution in [0.15, 0.2) is 47.8 Å². The highest BCUT2D eigenvalue weighted by Crippen LogP contribution is 2.26. The summed E-state index contributed by atoms with van der Waals surface area (Å²) in [6.45, 7) is 5.36. The van der Waals surface area contributed by atoms with E-state index in [0.29, 0.717) is 11.4 Å². The fourth-order valence-corrected chi connectivity index (χ4v) is 3.57. The second-order valence-corrected chi connectivity index (χ2v) is 7.26. The monoisotopic (exact) mass is 379 g/mol. The average molecular weight is 379 g/mol. The number of carbonyl (C=O) groups excluding carboxylic acids is 2. The van der Waals surface area contributed by atoms with Crippen molar-refractivity contribution in [2.24, 2.45) is 0 Å². The Morgan fingerprint density at radius 2 is 1.74 bits per heavy atom. The molecule has 3 rings (SSSR count). The van der Waals surface area contributed by atoms with Crippen molar-refractivity contribution in [3.63, 3.8) is 0 Å². The van der Waals surface area contributed by atoms with E-state index in [1.165, 1.54) is 23.8 Å². The van der Waals surface area contributed by atoms with Gasteiger partial charge in [-0.25, -0.2) is 4.98 Å². The fourth-order valence-electron chi connectivity index (χ4n) is 2.75.